The molecule has 0 radical (unpaired) electrons. The third-order valence-electron chi connectivity index (χ3n) is 3.25. The van der Waals surface area contributed by atoms with Gasteiger partial charge in [-0.3, -0.25) is 4.79 Å². The summed E-state index contributed by atoms with van der Waals surface area (Å²) in [7, 11) is 1.56. The first kappa shape index (κ1) is 18.4. The topological polar surface area (TPSA) is 76.4 Å². The Morgan fingerprint density at radius 1 is 1.50 bits per heavy atom. The van der Waals surface area contributed by atoms with Crippen LogP contribution in [0.2, 0.25) is 0 Å². The number of aliphatic hydroxyl groups is 1. The minimum absolute atomic E-state index is 0.0606. The van der Waals surface area contributed by atoms with Gasteiger partial charge in [0.25, 0.3) is 0 Å². The van der Waals surface area contributed by atoms with Gasteiger partial charge in [-0.15, -0.1) is 0 Å². The molecule has 0 bridgehead atoms. The fourth-order valence-electron chi connectivity index (χ4n) is 2.07. The summed E-state index contributed by atoms with van der Waals surface area (Å²) in [5.41, 5.74) is 1.38. The molecule has 0 fully saturated rings. The van der Waals surface area contributed by atoms with Crippen LogP contribution in [0.25, 0.3) is 0 Å². The van der Waals surface area contributed by atoms with Crippen LogP contribution in [-0.4, -0.2) is 40.8 Å². The molecule has 24 heavy (non-hydrogen) atoms. The predicted molar refractivity (Wildman–Crippen MR) is 89.0 cm³/mol. The lowest BCUT2D eigenvalue weighted by Gasteiger charge is -2.11. The number of nitrogens with one attached hydrogen (secondary N) is 1. The number of imidazole rings is 1. The van der Waals surface area contributed by atoms with E-state index in [1.807, 2.05) is 6.07 Å². The molecule has 0 spiro atoms. The van der Waals surface area contributed by atoms with E-state index >= 15 is 0 Å². The summed E-state index contributed by atoms with van der Waals surface area (Å²) in [4.78, 5) is 16.2. The van der Waals surface area contributed by atoms with Crippen molar-refractivity contribution in [2.24, 2.45) is 0 Å². The Morgan fingerprint density at radius 3 is 3.04 bits per heavy atom. The van der Waals surface area contributed by atoms with Crippen LogP contribution in [0.5, 0.6) is 0 Å². The van der Waals surface area contributed by atoms with E-state index in [9.17, 15) is 14.3 Å². The average molecular weight is 353 g/mol. The number of amides is 1. The molecule has 0 atom stereocenters. The molecule has 2 N–H and O–H groups in total. The highest BCUT2D eigenvalue weighted by Gasteiger charge is 2.13. The lowest BCUT2D eigenvalue weighted by Crippen LogP contribution is -2.31. The molecule has 1 amide bonds. The molecule has 0 aliphatic carbocycles. The van der Waals surface area contributed by atoms with Gasteiger partial charge in [0.1, 0.15) is 12.4 Å². The van der Waals surface area contributed by atoms with Gasteiger partial charge in [0.2, 0.25) is 5.91 Å². The number of nitrogens with zero attached hydrogens (tertiary/aromatic N) is 2. The average Bonchev–Trinajstić information content (AvgIpc) is 2.95. The quantitative estimate of drug-likeness (QED) is 0.529. The maximum absolute atomic E-state index is 13.2. The van der Waals surface area contributed by atoms with E-state index in [0.717, 1.165) is 5.56 Å². The summed E-state index contributed by atoms with van der Waals surface area (Å²) in [6.45, 7) is 0.706. The van der Waals surface area contributed by atoms with Crippen molar-refractivity contribution >= 4 is 17.7 Å². The Hall–Kier alpha value is -1.90. The number of thioether (sulfide) groups is 1. The third-order valence-corrected chi connectivity index (χ3v) is 4.31. The van der Waals surface area contributed by atoms with Gasteiger partial charge in [0.15, 0.2) is 5.16 Å². The molecular weight excluding hydrogens is 333 g/mol. The summed E-state index contributed by atoms with van der Waals surface area (Å²) >= 11 is 1.38. The minimum Gasteiger partial charge on any atom is -0.390 e. The Morgan fingerprint density at radius 2 is 2.33 bits per heavy atom. The van der Waals surface area contributed by atoms with Gasteiger partial charge in [-0.1, -0.05) is 23.9 Å². The van der Waals surface area contributed by atoms with Crippen LogP contribution in [0.15, 0.2) is 35.6 Å². The second kappa shape index (κ2) is 9.41. The highest BCUT2D eigenvalue weighted by molar-refractivity contribution is 7.98. The van der Waals surface area contributed by atoms with Gasteiger partial charge < -0.3 is 19.7 Å². The summed E-state index contributed by atoms with van der Waals surface area (Å²) in [6, 6.07) is 6.34. The van der Waals surface area contributed by atoms with E-state index in [1.54, 1.807) is 17.7 Å². The first-order valence-corrected chi connectivity index (χ1v) is 8.40. The molecule has 130 valence electrons. The Balaban J connectivity index is 2.02. The maximum atomic E-state index is 13.2. The molecule has 2 aromatic rings. The highest BCUT2D eigenvalue weighted by Crippen LogP contribution is 2.23. The third kappa shape index (κ3) is 5.33. The fourth-order valence-corrected chi connectivity index (χ4v) is 3.01. The maximum Gasteiger partial charge on any atom is 0.240 e. The van der Waals surface area contributed by atoms with Crippen molar-refractivity contribution in [2.45, 2.75) is 24.1 Å². The number of hydrogen-bond donors (Lipinski definition) is 2. The molecule has 0 saturated carbocycles. The molecule has 1 aromatic heterocycles. The normalized spacial score (nSPS) is 10.8. The zero-order valence-corrected chi connectivity index (χ0v) is 14.2. The second-order valence-electron chi connectivity index (χ2n) is 5.04. The number of aromatic nitrogens is 2. The van der Waals surface area contributed by atoms with Crippen LogP contribution in [0.4, 0.5) is 4.39 Å². The van der Waals surface area contributed by atoms with Crippen LogP contribution < -0.4 is 5.32 Å². The second-order valence-corrected chi connectivity index (χ2v) is 5.98. The lowest BCUT2D eigenvalue weighted by atomic mass is 10.2. The van der Waals surface area contributed by atoms with Crippen LogP contribution in [0.1, 0.15) is 11.3 Å². The fraction of sp³-hybridized carbons (Fsp3) is 0.375. The summed E-state index contributed by atoms with van der Waals surface area (Å²) in [5.74, 6) is 0.0441. The largest absolute Gasteiger partial charge is 0.390 e. The van der Waals surface area contributed by atoms with Gasteiger partial charge in [0, 0.05) is 19.4 Å². The monoisotopic (exact) mass is 353 g/mol. The van der Waals surface area contributed by atoms with Crippen LogP contribution in [-0.2, 0) is 28.4 Å². The van der Waals surface area contributed by atoms with Crippen LogP contribution >= 0.6 is 11.8 Å². The van der Waals surface area contributed by atoms with Gasteiger partial charge in [0.05, 0.1) is 25.1 Å². The number of rotatable bonds is 9. The van der Waals surface area contributed by atoms with E-state index in [-0.39, 0.29) is 24.9 Å². The van der Waals surface area contributed by atoms with Crippen molar-refractivity contribution in [3.8, 4) is 0 Å². The number of halogens is 1. The van der Waals surface area contributed by atoms with Crippen molar-refractivity contribution < 1.29 is 19.0 Å². The molecule has 0 saturated heterocycles. The summed E-state index contributed by atoms with van der Waals surface area (Å²) in [5, 5.41) is 12.7. The van der Waals surface area contributed by atoms with Crippen molar-refractivity contribution in [1.82, 2.24) is 14.9 Å². The molecule has 1 heterocycles. The number of hydrogen-bond acceptors (Lipinski definition) is 5. The first-order chi connectivity index (χ1) is 11.6. The smallest absolute Gasteiger partial charge is 0.240 e. The van der Waals surface area contributed by atoms with E-state index in [1.165, 1.54) is 30.1 Å². The SMILES string of the molecule is COCCNC(=O)Cn1c(CO)cnc1SCc1cccc(F)c1. The van der Waals surface area contributed by atoms with Crippen molar-refractivity contribution in [3.63, 3.8) is 0 Å². The molecule has 6 nitrogen and oxygen atoms in total. The number of ether oxygens (including phenoxy) is 1. The van der Waals surface area contributed by atoms with Crippen molar-refractivity contribution in [2.75, 3.05) is 20.3 Å². The standard InChI is InChI=1S/C16H20FN3O3S/c1-23-6-5-18-15(22)9-20-14(10-21)8-19-16(20)24-11-12-3-2-4-13(17)7-12/h2-4,7-8,21H,5-6,9-11H2,1H3,(H,18,22). The van der Waals surface area contributed by atoms with Gasteiger partial charge >= 0.3 is 0 Å². The van der Waals surface area contributed by atoms with E-state index in [2.05, 4.69) is 10.3 Å². The van der Waals surface area contributed by atoms with Crippen LogP contribution in [0, 0.1) is 5.82 Å². The zero-order chi connectivity index (χ0) is 17.4. The highest BCUT2D eigenvalue weighted by atomic mass is 32.2. The summed E-state index contributed by atoms with van der Waals surface area (Å²) in [6.07, 6.45) is 1.54. The van der Waals surface area contributed by atoms with Crippen molar-refractivity contribution in [3.05, 3.63) is 47.5 Å². The van der Waals surface area contributed by atoms with Crippen LogP contribution in [0.3, 0.4) is 0 Å². The molecule has 2 rings (SSSR count). The van der Waals surface area contributed by atoms with E-state index in [4.69, 9.17) is 4.74 Å². The van der Waals surface area contributed by atoms with Gasteiger partial charge in [-0.25, -0.2) is 9.37 Å². The Kier molecular flexibility index (Phi) is 7.23. The Labute approximate surface area is 144 Å². The van der Waals surface area contributed by atoms with E-state index in [0.29, 0.717) is 29.8 Å². The molecular formula is C16H20FN3O3S. The number of carbonyl (C=O) groups excluding carboxylic acids is 1. The molecule has 8 heteroatoms. The number of benzene rings is 1. The van der Waals surface area contributed by atoms with Crippen molar-refractivity contribution in [1.29, 1.82) is 0 Å². The number of aliphatic hydroxyl groups excluding tert-OH is 1. The Bertz CT molecular complexity index is 678. The first-order valence-electron chi connectivity index (χ1n) is 7.42. The number of carbonyl (C=O) groups is 1. The molecule has 0 aliphatic rings. The molecule has 0 unspecified atom stereocenters. The van der Waals surface area contributed by atoms with Gasteiger partial charge in [-0.2, -0.15) is 0 Å². The lowest BCUT2D eigenvalue weighted by molar-refractivity contribution is -0.122. The molecule has 0 aliphatic heterocycles. The van der Waals surface area contributed by atoms with Gasteiger partial charge in [-0.05, 0) is 17.7 Å². The minimum atomic E-state index is -0.287. The van der Waals surface area contributed by atoms with E-state index < -0.39 is 0 Å². The molecule has 1 aromatic carbocycles. The zero-order valence-electron chi connectivity index (χ0n) is 13.4. The number of methoxy groups -OCH3 is 1. The summed E-state index contributed by atoms with van der Waals surface area (Å²) < 4.78 is 19.8. The predicted octanol–water partition coefficient (Wildman–Crippen LogP) is 1.57.